The van der Waals surface area contributed by atoms with Gasteiger partial charge in [0.2, 0.25) is 5.91 Å². The highest BCUT2D eigenvalue weighted by atomic mass is 16.5. The van der Waals surface area contributed by atoms with Crippen molar-refractivity contribution in [3.8, 4) is 0 Å². The molecular weight excluding hydrogens is 316 g/mol. The Labute approximate surface area is 150 Å². The molecule has 1 heterocycles. The molecule has 0 bridgehead atoms. The average molecular weight is 345 g/mol. The van der Waals surface area contributed by atoms with Gasteiger partial charge in [-0.05, 0) is 50.3 Å². The molecule has 1 amide bonds. The van der Waals surface area contributed by atoms with Crippen LogP contribution in [0.1, 0.15) is 44.2 Å². The average Bonchev–Trinajstić information content (AvgIpc) is 2.64. The smallest absolute Gasteiger partial charge is 0.237 e. The Morgan fingerprint density at radius 3 is 2.72 bits per heavy atom. The molecule has 1 aliphatic heterocycles. The van der Waals surface area contributed by atoms with Crippen molar-refractivity contribution < 1.29 is 10.0 Å². The van der Waals surface area contributed by atoms with Gasteiger partial charge in [0, 0.05) is 12.1 Å². The Morgan fingerprint density at radius 2 is 2.08 bits per heavy atom. The first kappa shape index (κ1) is 19.4. The van der Waals surface area contributed by atoms with E-state index in [4.69, 9.17) is 10.6 Å². The molecule has 1 saturated heterocycles. The van der Waals surface area contributed by atoms with E-state index in [1.54, 1.807) is 12.1 Å². The maximum Gasteiger partial charge on any atom is 0.237 e. The van der Waals surface area contributed by atoms with Crippen LogP contribution in [0.15, 0.2) is 24.3 Å². The van der Waals surface area contributed by atoms with E-state index < -0.39 is 0 Å². The van der Waals surface area contributed by atoms with E-state index in [0.717, 1.165) is 37.9 Å². The number of carbonyl (C=O) groups excluding carboxylic acids is 1. The van der Waals surface area contributed by atoms with Gasteiger partial charge < -0.3 is 5.32 Å². The van der Waals surface area contributed by atoms with Crippen molar-refractivity contribution >= 4 is 11.7 Å². The third kappa shape index (κ3) is 5.83. The number of piperidine rings is 1. The summed E-state index contributed by atoms with van der Waals surface area (Å²) in [5.74, 6) is 0.669. The number of rotatable bonds is 7. The van der Waals surface area contributed by atoms with Gasteiger partial charge in [-0.1, -0.05) is 38.1 Å². The largest absolute Gasteiger partial charge is 0.351 e. The molecule has 1 fully saturated rings. The Bertz CT molecular complexity index is 571. The number of hydroxylamine groups is 1. The van der Waals surface area contributed by atoms with Gasteiger partial charge in [0.05, 0.1) is 6.04 Å². The number of amidine groups is 1. The number of nitrogens with zero attached hydrogens (tertiary/aromatic N) is 1. The molecule has 2 rings (SSSR count). The molecule has 1 radical (unpaired) electrons. The first-order valence-corrected chi connectivity index (χ1v) is 8.92. The quantitative estimate of drug-likeness (QED) is 0.347. The summed E-state index contributed by atoms with van der Waals surface area (Å²) < 4.78 is 0. The Kier molecular flexibility index (Phi) is 7.40. The number of carbonyl (C=O) groups is 1. The van der Waals surface area contributed by atoms with Crippen molar-refractivity contribution in [3.05, 3.63) is 41.8 Å². The predicted molar refractivity (Wildman–Crippen MR) is 98.4 cm³/mol. The maximum atomic E-state index is 12.6. The molecule has 0 saturated carbocycles. The molecular formula is C19H29N4O2. The van der Waals surface area contributed by atoms with Crippen molar-refractivity contribution in [1.82, 2.24) is 15.7 Å². The van der Waals surface area contributed by atoms with Crippen molar-refractivity contribution in [1.29, 1.82) is 5.41 Å². The molecule has 1 aromatic carbocycles. The molecule has 0 spiro atoms. The monoisotopic (exact) mass is 345 g/mol. The van der Waals surface area contributed by atoms with Crippen LogP contribution in [0, 0.1) is 17.7 Å². The lowest BCUT2D eigenvalue weighted by Gasteiger charge is -2.35. The van der Waals surface area contributed by atoms with E-state index in [-0.39, 0.29) is 17.8 Å². The van der Waals surface area contributed by atoms with E-state index in [1.807, 2.05) is 17.6 Å². The molecule has 1 atom stereocenters. The lowest BCUT2D eigenvalue weighted by Crippen LogP contribution is -2.49. The van der Waals surface area contributed by atoms with Crippen LogP contribution in [0.3, 0.4) is 0 Å². The molecule has 0 aromatic heterocycles. The summed E-state index contributed by atoms with van der Waals surface area (Å²) in [7, 11) is 0. The van der Waals surface area contributed by atoms with Crippen LogP contribution in [-0.2, 0) is 11.3 Å². The molecule has 0 aliphatic carbocycles. The molecule has 4 N–H and O–H groups in total. The highest BCUT2D eigenvalue weighted by Gasteiger charge is 2.28. The third-order valence-electron chi connectivity index (χ3n) is 4.57. The molecule has 25 heavy (non-hydrogen) atoms. The minimum absolute atomic E-state index is 0.0471. The van der Waals surface area contributed by atoms with Crippen molar-refractivity contribution in [2.75, 3.05) is 13.1 Å². The summed E-state index contributed by atoms with van der Waals surface area (Å²) in [6.07, 6.45) is 5.17. The summed E-state index contributed by atoms with van der Waals surface area (Å²) in [6, 6.07) is 7.13. The fourth-order valence-electron chi connectivity index (χ4n) is 2.96. The van der Waals surface area contributed by atoms with Crippen LogP contribution in [0.25, 0.3) is 0 Å². The SMILES string of the molecule is CC(C)CCN1CC[CH]CC1C(=O)NCc1ccc(C(=N)NO)cc1. The highest BCUT2D eigenvalue weighted by molar-refractivity contribution is 5.95. The van der Waals surface area contributed by atoms with Gasteiger partial charge in [0.15, 0.2) is 0 Å². The second-order valence-electron chi connectivity index (χ2n) is 6.95. The van der Waals surface area contributed by atoms with Crippen LogP contribution in [0.4, 0.5) is 0 Å². The molecule has 6 heteroatoms. The zero-order valence-electron chi connectivity index (χ0n) is 15.1. The van der Waals surface area contributed by atoms with E-state index in [2.05, 4.69) is 30.5 Å². The lowest BCUT2D eigenvalue weighted by atomic mass is 9.99. The summed E-state index contributed by atoms with van der Waals surface area (Å²) >= 11 is 0. The number of hydrogen-bond donors (Lipinski definition) is 4. The van der Waals surface area contributed by atoms with E-state index in [1.165, 1.54) is 0 Å². The first-order chi connectivity index (χ1) is 12.0. The number of benzene rings is 1. The number of likely N-dealkylation sites (tertiary alicyclic amines) is 1. The van der Waals surface area contributed by atoms with Crippen LogP contribution < -0.4 is 10.8 Å². The van der Waals surface area contributed by atoms with Crippen LogP contribution in [0.5, 0.6) is 0 Å². The van der Waals surface area contributed by atoms with E-state index >= 15 is 0 Å². The van der Waals surface area contributed by atoms with Gasteiger partial charge >= 0.3 is 0 Å². The standard InChI is InChI=1S/C19H29N4O2/c1-14(2)10-12-23-11-4-3-5-17(23)19(24)21-13-15-6-8-16(9-7-15)18(20)22-25/h3,6-9,14,17,25H,4-5,10-13H2,1-2H3,(H2,20,22)(H,21,24). The minimum Gasteiger partial charge on any atom is -0.351 e. The Hall–Kier alpha value is -1.92. The normalized spacial score (nSPS) is 18.2. The molecule has 1 aromatic rings. The zero-order chi connectivity index (χ0) is 18.2. The predicted octanol–water partition coefficient (Wildman–Crippen LogP) is 2.32. The fraction of sp³-hybridized carbons (Fsp3) is 0.526. The van der Waals surface area contributed by atoms with E-state index in [0.29, 0.717) is 18.0 Å². The maximum absolute atomic E-state index is 12.6. The second kappa shape index (κ2) is 9.53. The van der Waals surface area contributed by atoms with Gasteiger partial charge in [0.1, 0.15) is 5.84 Å². The van der Waals surface area contributed by atoms with Crippen molar-refractivity contribution in [2.24, 2.45) is 5.92 Å². The molecule has 137 valence electrons. The van der Waals surface area contributed by atoms with Gasteiger partial charge in [-0.25, -0.2) is 0 Å². The second-order valence-corrected chi connectivity index (χ2v) is 6.95. The summed E-state index contributed by atoms with van der Waals surface area (Å²) in [6.45, 7) is 6.81. The van der Waals surface area contributed by atoms with Crippen molar-refractivity contribution in [3.63, 3.8) is 0 Å². The topological polar surface area (TPSA) is 88.5 Å². The Balaban J connectivity index is 1.88. The number of nitrogens with one attached hydrogen (secondary N) is 3. The molecule has 1 unspecified atom stereocenters. The summed E-state index contributed by atoms with van der Waals surface area (Å²) in [5, 5.41) is 19.3. The van der Waals surface area contributed by atoms with Gasteiger partial charge in [-0.2, -0.15) is 0 Å². The van der Waals surface area contributed by atoms with Crippen LogP contribution in [-0.4, -0.2) is 41.0 Å². The molecule has 6 nitrogen and oxygen atoms in total. The highest BCUT2D eigenvalue weighted by Crippen LogP contribution is 2.18. The minimum atomic E-state index is -0.0708. The van der Waals surface area contributed by atoms with Crippen LogP contribution >= 0.6 is 0 Å². The summed E-state index contributed by atoms with van der Waals surface area (Å²) in [4.78, 5) is 14.9. The zero-order valence-corrected chi connectivity index (χ0v) is 15.1. The third-order valence-corrected chi connectivity index (χ3v) is 4.57. The van der Waals surface area contributed by atoms with Gasteiger partial charge in [0.25, 0.3) is 0 Å². The number of hydrogen-bond acceptors (Lipinski definition) is 4. The Morgan fingerprint density at radius 1 is 1.36 bits per heavy atom. The lowest BCUT2D eigenvalue weighted by molar-refractivity contribution is -0.127. The van der Waals surface area contributed by atoms with Gasteiger partial charge in [-0.3, -0.25) is 25.8 Å². The van der Waals surface area contributed by atoms with Crippen molar-refractivity contribution in [2.45, 2.75) is 45.7 Å². The summed E-state index contributed by atoms with van der Waals surface area (Å²) in [5.41, 5.74) is 3.39. The van der Waals surface area contributed by atoms with E-state index in [9.17, 15) is 4.79 Å². The van der Waals surface area contributed by atoms with Gasteiger partial charge in [-0.15, -0.1) is 0 Å². The first-order valence-electron chi connectivity index (χ1n) is 8.92. The molecule has 1 aliphatic rings. The fourth-order valence-corrected chi connectivity index (χ4v) is 2.96. The number of amides is 1. The van der Waals surface area contributed by atoms with Crippen LogP contribution in [0.2, 0.25) is 0 Å².